The third-order valence-electron chi connectivity index (χ3n) is 5.53. The summed E-state index contributed by atoms with van der Waals surface area (Å²) >= 11 is 4.27. The van der Waals surface area contributed by atoms with Gasteiger partial charge in [-0.2, -0.15) is 12.6 Å². The fraction of sp³-hybridized carbons (Fsp3) is 0.656. The molecule has 266 valence electrons. The zero-order valence-corrected chi connectivity index (χ0v) is 30.6. The molecule has 0 aliphatic heterocycles. The lowest BCUT2D eigenvalue weighted by Gasteiger charge is -2.34. The predicted molar refractivity (Wildman–Crippen MR) is 179 cm³/mol. The van der Waals surface area contributed by atoms with Crippen molar-refractivity contribution < 1.29 is 52.3 Å². The molecule has 47 heavy (non-hydrogen) atoms. The number of rotatable bonds is 11. The van der Waals surface area contributed by atoms with Crippen LogP contribution in [0.5, 0.6) is 17.2 Å². The Balaban J connectivity index is 3.36. The number of thiol groups is 1. The van der Waals surface area contributed by atoms with Crippen LogP contribution in [0.25, 0.3) is 0 Å². The van der Waals surface area contributed by atoms with E-state index in [0.29, 0.717) is 17.2 Å². The monoisotopic (exact) mass is 685 g/mol. The highest BCUT2D eigenvalue weighted by atomic mass is 32.1. The number of ether oxygens (including phenoxy) is 7. The van der Waals surface area contributed by atoms with E-state index in [1.54, 1.807) is 62.3 Å². The maximum Gasteiger partial charge on any atom is 0.437 e. The summed E-state index contributed by atoms with van der Waals surface area (Å²) < 4.78 is 37.9. The van der Waals surface area contributed by atoms with E-state index in [0.717, 1.165) is 9.80 Å². The number of unbranched alkanes of at least 4 members (excludes halogenated alkanes) is 1. The van der Waals surface area contributed by atoms with Gasteiger partial charge in [0.15, 0.2) is 11.5 Å². The highest BCUT2D eigenvalue weighted by Crippen LogP contribution is 2.38. The van der Waals surface area contributed by atoms with E-state index in [-0.39, 0.29) is 49.8 Å². The van der Waals surface area contributed by atoms with E-state index in [1.807, 2.05) is 0 Å². The van der Waals surface area contributed by atoms with Crippen LogP contribution < -0.4 is 14.2 Å². The van der Waals surface area contributed by atoms with Gasteiger partial charge in [0.2, 0.25) is 11.7 Å². The molecule has 0 fully saturated rings. The maximum absolute atomic E-state index is 13.6. The molecule has 0 unspecified atom stereocenters. The lowest BCUT2D eigenvalue weighted by atomic mass is 10.2. The summed E-state index contributed by atoms with van der Waals surface area (Å²) in [6.07, 6.45) is -2.23. The van der Waals surface area contributed by atoms with Crippen LogP contribution in [0.4, 0.5) is 14.4 Å². The Morgan fingerprint density at radius 2 is 1.17 bits per heavy atom. The van der Waals surface area contributed by atoms with Crippen LogP contribution in [0.15, 0.2) is 17.1 Å². The van der Waals surface area contributed by atoms with Crippen LogP contribution in [0.1, 0.15) is 85.5 Å². The average molecular weight is 686 g/mol. The van der Waals surface area contributed by atoms with Gasteiger partial charge in [-0.15, -0.1) is 4.99 Å². The molecule has 0 spiro atoms. The molecule has 0 aliphatic carbocycles. The third kappa shape index (κ3) is 14.6. The summed E-state index contributed by atoms with van der Waals surface area (Å²) in [6.45, 7) is 14.9. The minimum Gasteiger partial charge on any atom is -0.493 e. The zero-order chi connectivity index (χ0) is 36.2. The molecular weight excluding hydrogens is 634 g/mol. The number of hydrogen-bond donors (Lipinski definition) is 1. The van der Waals surface area contributed by atoms with Crippen molar-refractivity contribution in [2.75, 3.05) is 46.8 Å². The van der Waals surface area contributed by atoms with E-state index in [4.69, 9.17) is 33.2 Å². The quantitative estimate of drug-likeness (QED) is 0.0693. The first kappa shape index (κ1) is 41.1. The van der Waals surface area contributed by atoms with Gasteiger partial charge in [0, 0.05) is 18.8 Å². The first-order valence-corrected chi connectivity index (χ1v) is 15.7. The fourth-order valence-corrected chi connectivity index (χ4v) is 3.93. The normalized spacial score (nSPS) is 12.1. The number of guanidine groups is 1. The third-order valence-corrected chi connectivity index (χ3v) is 5.73. The molecule has 1 aromatic rings. The second-order valence-electron chi connectivity index (χ2n) is 13.1. The zero-order valence-electron chi connectivity index (χ0n) is 29.7. The summed E-state index contributed by atoms with van der Waals surface area (Å²) in [5, 5.41) is 0. The number of esters is 1. The van der Waals surface area contributed by atoms with Crippen LogP contribution in [-0.4, -0.2) is 104 Å². The molecule has 1 aromatic carbocycles. The van der Waals surface area contributed by atoms with E-state index in [2.05, 4.69) is 17.6 Å². The minimum absolute atomic E-state index is 0.0252. The molecule has 0 atom stereocenters. The van der Waals surface area contributed by atoms with Crippen molar-refractivity contribution in [3.8, 4) is 17.2 Å². The maximum atomic E-state index is 13.6. The van der Waals surface area contributed by atoms with Gasteiger partial charge in [0.1, 0.15) is 16.8 Å². The van der Waals surface area contributed by atoms with Crippen molar-refractivity contribution in [3.05, 3.63) is 17.7 Å². The van der Waals surface area contributed by atoms with E-state index in [1.165, 1.54) is 33.5 Å². The van der Waals surface area contributed by atoms with Crippen LogP contribution in [0.2, 0.25) is 0 Å². The molecule has 0 N–H and O–H groups in total. The summed E-state index contributed by atoms with van der Waals surface area (Å²) in [7, 11) is 4.32. The van der Waals surface area contributed by atoms with Crippen LogP contribution in [0.3, 0.4) is 0 Å². The van der Waals surface area contributed by atoms with Crippen LogP contribution >= 0.6 is 12.6 Å². The lowest BCUT2D eigenvalue weighted by molar-refractivity contribution is 0.0271. The first-order valence-electron chi connectivity index (χ1n) is 15.1. The van der Waals surface area contributed by atoms with E-state index >= 15 is 0 Å². The molecular formula is C32H51N3O11S. The Hall–Kier alpha value is -3.88. The second kappa shape index (κ2) is 17.9. The second-order valence-corrected chi connectivity index (χ2v) is 13.6. The van der Waals surface area contributed by atoms with Crippen molar-refractivity contribution in [1.29, 1.82) is 0 Å². The molecule has 0 bridgehead atoms. The van der Waals surface area contributed by atoms with Crippen LogP contribution in [-0.2, 0) is 18.9 Å². The topological polar surface area (TPSA) is 152 Å². The molecule has 0 radical (unpaired) electrons. The largest absolute Gasteiger partial charge is 0.493 e. The highest BCUT2D eigenvalue weighted by Gasteiger charge is 2.35. The number of methoxy groups -OCH3 is 3. The highest BCUT2D eigenvalue weighted by molar-refractivity contribution is 7.80. The lowest BCUT2D eigenvalue weighted by Crippen LogP contribution is -2.53. The van der Waals surface area contributed by atoms with Crippen molar-refractivity contribution in [3.63, 3.8) is 0 Å². The Morgan fingerprint density at radius 3 is 1.57 bits per heavy atom. The number of carbonyl (C=O) groups excluding carboxylic acids is 4. The summed E-state index contributed by atoms with van der Waals surface area (Å²) in [5.74, 6) is 0.0669. The number of benzene rings is 1. The van der Waals surface area contributed by atoms with Gasteiger partial charge in [0.25, 0.3) is 0 Å². The minimum atomic E-state index is -1.03. The van der Waals surface area contributed by atoms with E-state index in [9.17, 15) is 19.2 Å². The average Bonchev–Trinajstić information content (AvgIpc) is 2.92. The summed E-state index contributed by atoms with van der Waals surface area (Å²) in [4.78, 5) is 58.9. The Morgan fingerprint density at radius 1 is 0.702 bits per heavy atom. The number of hydrogen-bond acceptors (Lipinski definition) is 12. The molecule has 0 heterocycles. The molecule has 0 aromatic heterocycles. The molecule has 1 rings (SSSR count). The standard InChI is InChI=1S/C32H51N3O11S/c1-30(2,3)44-27(37)33-26(35(16-18-47)29(39)46-32(7,8)9)34(28(38)45-31(4,5)6)15-13-14-17-43-25(36)21-19-22(40-10)24(42-12)23(20-21)41-11/h19-20,47H,13-18H2,1-12H3/b33-26+. The van der Waals surface area contributed by atoms with E-state index < -0.39 is 41.1 Å². The van der Waals surface area contributed by atoms with Gasteiger partial charge in [-0.05, 0) is 87.3 Å². The van der Waals surface area contributed by atoms with Gasteiger partial charge in [-0.1, -0.05) is 0 Å². The van der Waals surface area contributed by atoms with Gasteiger partial charge < -0.3 is 33.2 Å². The molecule has 14 nitrogen and oxygen atoms in total. The van der Waals surface area contributed by atoms with Gasteiger partial charge >= 0.3 is 24.2 Å². The summed E-state index contributed by atoms with van der Waals surface area (Å²) in [5.41, 5.74) is -2.56. The molecule has 0 aliphatic rings. The smallest absolute Gasteiger partial charge is 0.437 e. The number of amides is 3. The number of carbonyl (C=O) groups is 4. The van der Waals surface area contributed by atoms with Crippen LogP contribution in [0, 0.1) is 0 Å². The van der Waals surface area contributed by atoms with Gasteiger partial charge in [-0.25, -0.2) is 29.0 Å². The molecule has 15 heteroatoms. The Labute approximate surface area is 283 Å². The first-order chi connectivity index (χ1) is 21.7. The number of nitrogens with zero attached hydrogens (tertiary/aromatic N) is 3. The molecule has 0 saturated heterocycles. The van der Waals surface area contributed by atoms with Crippen molar-refractivity contribution >= 4 is 42.8 Å². The molecule has 0 saturated carbocycles. The Bertz CT molecular complexity index is 1240. The van der Waals surface area contributed by atoms with Gasteiger partial charge in [0.05, 0.1) is 33.5 Å². The predicted octanol–water partition coefficient (Wildman–Crippen LogP) is 6.34. The Kier molecular flexibility index (Phi) is 15.6. The SMILES string of the molecule is COc1cc(C(=O)OCCCCN(C(=O)OC(C)(C)C)/C(=N\C(=O)OC(C)(C)C)N(CCS)C(=O)OC(C)(C)C)cc(OC)c1OC. The number of aliphatic imine (C=N–C) groups is 1. The van der Waals surface area contributed by atoms with Gasteiger partial charge in [-0.3, -0.25) is 0 Å². The van der Waals surface area contributed by atoms with Crippen molar-refractivity contribution in [1.82, 2.24) is 9.80 Å². The fourth-order valence-electron chi connectivity index (χ4n) is 3.73. The summed E-state index contributed by atoms with van der Waals surface area (Å²) in [6, 6.07) is 2.94. The molecule has 3 amide bonds. The van der Waals surface area contributed by atoms with Crippen molar-refractivity contribution in [2.24, 2.45) is 4.99 Å². The van der Waals surface area contributed by atoms with Crippen molar-refractivity contribution in [2.45, 2.75) is 92.0 Å².